The summed E-state index contributed by atoms with van der Waals surface area (Å²) in [5, 5.41) is 0. The van der Waals surface area contributed by atoms with Gasteiger partial charge in [0.1, 0.15) is 4.90 Å². The Hall–Kier alpha value is -1.36. The molecular weight excluding hydrogens is 238 g/mol. The molecule has 3 rings (SSSR count). The lowest BCUT2D eigenvalue weighted by molar-refractivity contribution is 0.0834. The molecule has 5 heteroatoms. The van der Waals surface area contributed by atoms with Crippen molar-refractivity contribution in [2.45, 2.75) is 36.6 Å². The molecule has 1 aromatic carbocycles. The number of hydrogen-bond donors (Lipinski definition) is 0. The molecule has 1 aliphatic carbocycles. The summed E-state index contributed by atoms with van der Waals surface area (Å²) in [7, 11) is -3.60. The first-order chi connectivity index (χ1) is 8.12. The molecule has 90 valence electrons. The SMILES string of the molecule is O=C1c2ccccc2S(=O)(=O)N1C1CCCC1. The van der Waals surface area contributed by atoms with Crippen LogP contribution in [0.5, 0.6) is 0 Å². The van der Waals surface area contributed by atoms with E-state index in [0.29, 0.717) is 5.56 Å². The normalized spacial score (nSPS) is 23.1. The van der Waals surface area contributed by atoms with Gasteiger partial charge in [-0.05, 0) is 25.0 Å². The molecule has 0 spiro atoms. The van der Waals surface area contributed by atoms with Crippen molar-refractivity contribution in [3.63, 3.8) is 0 Å². The highest BCUT2D eigenvalue weighted by Gasteiger charge is 2.45. The number of benzene rings is 1. The van der Waals surface area contributed by atoms with Gasteiger partial charge in [-0.15, -0.1) is 0 Å². The van der Waals surface area contributed by atoms with Crippen LogP contribution in [0.2, 0.25) is 0 Å². The maximum atomic E-state index is 12.3. The molecule has 1 amide bonds. The van der Waals surface area contributed by atoms with E-state index in [1.165, 1.54) is 6.07 Å². The third kappa shape index (κ3) is 1.42. The smallest absolute Gasteiger partial charge is 0.268 e. The average molecular weight is 251 g/mol. The summed E-state index contributed by atoms with van der Waals surface area (Å²) < 4.78 is 25.7. The molecule has 0 N–H and O–H groups in total. The molecule has 1 saturated carbocycles. The molecule has 4 nitrogen and oxygen atoms in total. The lowest BCUT2D eigenvalue weighted by Crippen LogP contribution is -2.38. The van der Waals surface area contributed by atoms with Gasteiger partial charge in [-0.3, -0.25) is 4.79 Å². The number of sulfonamides is 1. The summed E-state index contributed by atoms with van der Waals surface area (Å²) in [6, 6.07) is 6.31. The monoisotopic (exact) mass is 251 g/mol. The van der Waals surface area contributed by atoms with E-state index >= 15 is 0 Å². The minimum absolute atomic E-state index is 0.139. The van der Waals surface area contributed by atoms with Crippen molar-refractivity contribution >= 4 is 15.9 Å². The Kier molecular flexibility index (Phi) is 2.26. The van der Waals surface area contributed by atoms with Crippen LogP contribution in [-0.2, 0) is 10.0 Å². The van der Waals surface area contributed by atoms with Gasteiger partial charge in [0.2, 0.25) is 0 Å². The summed E-state index contributed by atoms with van der Waals surface area (Å²) in [5.41, 5.74) is 0.319. The number of hydrogen-bond acceptors (Lipinski definition) is 3. The van der Waals surface area contributed by atoms with Crippen LogP contribution in [0.4, 0.5) is 0 Å². The van der Waals surface area contributed by atoms with Gasteiger partial charge >= 0.3 is 0 Å². The minimum atomic E-state index is -3.60. The first-order valence-corrected chi connectivity index (χ1v) is 7.24. The van der Waals surface area contributed by atoms with Crippen LogP contribution in [0, 0.1) is 0 Å². The Bertz CT molecular complexity index is 573. The van der Waals surface area contributed by atoms with Gasteiger partial charge in [-0.2, -0.15) is 0 Å². The van der Waals surface area contributed by atoms with E-state index in [1.54, 1.807) is 18.2 Å². The van der Waals surface area contributed by atoms with Crippen LogP contribution in [0.25, 0.3) is 0 Å². The summed E-state index contributed by atoms with van der Waals surface area (Å²) >= 11 is 0. The van der Waals surface area contributed by atoms with Gasteiger partial charge in [0.05, 0.1) is 5.56 Å². The molecule has 0 aromatic heterocycles. The van der Waals surface area contributed by atoms with Crippen LogP contribution < -0.4 is 0 Å². The van der Waals surface area contributed by atoms with Gasteiger partial charge < -0.3 is 0 Å². The third-order valence-corrected chi connectivity index (χ3v) is 5.40. The van der Waals surface area contributed by atoms with E-state index in [2.05, 4.69) is 0 Å². The quantitative estimate of drug-likeness (QED) is 0.764. The van der Waals surface area contributed by atoms with Crippen LogP contribution in [0.1, 0.15) is 36.0 Å². The Morgan fingerprint density at radius 3 is 2.41 bits per heavy atom. The minimum Gasteiger partial charge on any atom is -0.268 e. The molecule has 0 radical (unpaired) electrons. The molecule has 1 fully saturated rings. The standard InChI is InChI=1S/C12H13NO3S/c14-12-10-7-3-4-8-11(10)17(15,16)13(12)9-5-1-2-6-9/h3-4,7-9H,1-2,5-6H2. The highest BCUT2D eigenvalue weighted by atomic mass is 32.2. The van der Waals surface area contributed by atoms with Crippen molar-refractivity contribution in [3.8, 4) is 0 Å². The van der Waals surface area contributed by atoms with E-state index in [9.17, 15) is 13.2 Å². The van der Waals surface area contributed by atoms with Gasteiger partial charge in [0.25, 0.3) is 15.9 Å². The van der Waals surface area contributed by atoms with E-state index in [0.717, 1.165) is 30.0 Å². The third-order valence-electron chi connectivity index (χ3n) is 3.51. The topological polar surface area (TPSA) is 54.5 Å². The number of nitrogens with zero attached hydrogens (tertiary/aromatic N) is 1. The predicted octanol–water partition coefficient (Wildman–Crippen LogP) is 1.77. The zero-order valence-corrected chi connectivity index (χ0v) is 10.1. The summed E-state index contributed by atoms with van der Waals surface area (Å²) in [6.45, 7) is 0. The Balaban J connectivity index is 2.13. The molecule has 1 aliphatic heterocycles. The number of rotatable bonds is 1. The fourth-order valence-electron chi connectivity index (χ4n) is 2.70. The lowest BCUT2D eigenvalue weighted by atomic mass is 10.2. The van der Waals surface area contributed by atoms with Crippen molar-refractivity contribution < 1.29 is 13.2 Å². The molecule has 0 unspecified atom stereocenters. The van der Waals surface area contributed by atoms with E-state index in [1.807, 2.05) is 0 Å². The first-order valence-electron chi connectivity index (χ1n) is 5.80. The van der Waals surface area contributed by atoms with Crippen LogP contribution >= 0.6 is 0 Å². The lowest BCUT2D eigenvalue weighted by Gasteiger charge is -2.22. The number of carbonyl (C=O) groups is 1. The maximum Gasteiger partial charge on any atom is 0.269 e. The molecule has 17 heavy (non-hydrogen) atoms. The van der Waals surface area contributed by atoms with Gasteiger partial charge in [-0.1, -0.05) is 25.0 Å². The fourth-order valence-corrected chi connectivity index (χ4v) is 4.52. The second-order valence-electron chi connectivity index (χ2n) is 4.54. The number of fused-ring (bicyclic) bond motifs is 1. The fraction of sp³-hybridized carbons (Fsp3) is 0.417. The summed E-state index contributed by atoms with van der Waals surface area (Å²) in [6.07, 6.45) is 3.58. The Labute approximate surface area is 100 Å². The number of amides is 1. The van der Waals surface area contributed by atoms with Crippen molar-refractivity contribution in [1.82, 2.24) is 4.31 Å². The molecule has 0 bridgehead atoms. The molecule has 1 heterocycles. The van der Waals surface area contributed by atoms with Crippen molar-refractivity contribution in [2.75, 3.05) is 0 Å². The molecule has 1 aromatic rings. The Morgan fingerprint density at radius 2 is 1.76 bits per heavy atom. The summed E-state index contributed by atoms with van der Waals surface area (Å²) in [4.78, 5) is 12.3. The van der Waals surface area contributed by atoms with Crippen molar-refractivity contribution in [1.29, 1.82) is 0 Å². The number of carbonyl (C=O) groups excluding carboxylic acids is 1. The van der Waals surface area contributed by atoms with Crippen LogP contribution in [-0.4, -0.2) is 24.7 Å². The second kappa shape index (κ2) is 3.57. The highest BCUT2D eigenvalue weighted by Crippen LogP contribution is 2.36. The summed E-state index contributed by atoms with van der Waals surface area (Å²) in [5.74, 6) is -0.354. The van der Waals surface area contributed by atoms with Crippen molar-refractivity contribution in [3.05, 3.63) is 29.8 Å². The van der Waals surface area contributed by atoms with Crippen LogP contribution in [0.15, 0.2) is 29.2 Å². The zero-order chi connectivity index (χ0) is 12.0. The van der Waals surface area contributed by atoms with Crippen molar-refractivity contribution in [2.24, 2.45) is 0 Å². The molecule has 0 atom stereocenters. The predicted molar refractivity (Wildman–Crippen MR) is 62.1 cm³/mol. The Morgan fingerprint density at radius 1 is 1.12 bits per heavy atom. The van der Waals surface area contributed by atoms with E-state index in [4.69, 9.17) is 0 Å². The second-order valence-corrected chi connectivity index (χ2v) is 6.32. The average Bonchev–Trinajstić information content (AvgIpc) is 2.87. The molecule has 0 saturated heterocycles. The van der Waals surface area contributed by atoms with E-state index in [-0.39, 0.29) is 16.8 Å². The van der Waals surface area contributed by atoms with Crippen LogP contribution in [0.3, 0.4) is 0 Å². The maximum absolute atomic E-state index is 12.3. The first kappa shape index (κ1) is 10.8. The van der Waals surface area contributed by atoms with E-state index < -0.39 is 10.0 Å². The largest absolute Gasteiger partial charge is 0.269 e. The van der Waals surface area contributed by atoms with Gasteiger partial charge in [-0.25, -0.2) is 12.7 Å². The zero-order valence-electron chi connectivity index (χ0n) is 9.30. The molecule has 2 aliphatic rings. The van der Waals surface area contributed by atoms with Gasteiger partial charge in [0, 0.05) is 6.04 Å². The van der Waals surface area contributed by atoms with Gasteiger partial charge in [0.15, 0.2) is 0 Å². The molecular formula is C12H13NO3S. The highest BCUT2D eigenvalue weighted by molar-refractivity contribution is 7.90.